The zero-order valence-electron chi connectivity index (χ0n) is 13.6. The van der Waals surface area contributed by atoms with E-state index in [1.165, 1.54) is 16.6 Å². The van der Waals surface area contributed by atoms with Crippen molar-refractivity contribution in [2.45, 2.75) is 18.3 Å². The summed E-state index contributed by atoms with van der Waals surface area (Å²) >= 11 is 3.18. The third-order valence-corrected chi connectivity index (χ3v) is 5.56. The maximum absolute atomic E-state index is 6.21. The lowest BCUT2D eigenvalue weighted by molar-refractivity contribution is 0.229. The molecule has 0 radical (unpaired) electrons. The van der Waals surface area contributed by atoms with E-state index in [0.29, 0.717) is 16.7 Å². The Kier molecular flexibility index (Phi) is 4.42. The Morgan fingerprint density at radius 2 is 2.16 bits per heavy atom. The molecule has 2 aromatic heterocycles. The molecule has 1 N–H and O–H groups in total. The highest BCUT2D eigenvalue weighted by molar-refractivity contribution is 7.99. The van der Waals surface area contributed by atoms with Gasteiger partial charge in [-0.25, -0.2) is 0 Å². The van der Waals surface area contributed by atoms with Gasteiger partial charge in [-0.1, -0.05) is 36.0 Å². The Balaban J connectivity index is 1.80. The molecule has 4 rings (SSSR count). The molecular weight excluding hydrogens is 352 g/mol. The number of hydrogen-bond acceptors (Lipinski definition) is 7. The summed E-state index contributed by atoms with van der Waals surface area (Å²) in [4.78, 5) is 6.91. The number of aryl methyl sites for hydroxylation is 1. The van der Waals surface area contributed by atoms with Gasteiger partial charge in [-0.15, -0.1) is 28.1 Å². The smallest absolute Gasteiger partial charge is 0.247 e. The fraction of sp³-hybridized carbons (Fsp3) is 0.167. The van der Waals surface area contributed by atoms with Crippen LogP contribution in [0.25, 0.3) is 11.3 Å². The molecule has 1 aliphatic heterocycles. The number of hydrogen-bond donors (Lipinski definition) is 1. The number of anilines is 1. The summed E-state index contributed by atoms with van der Waals surface area (Å²) in [6.07, 6.45) is 1.50. The third-order valence-electron chi connectivity index (χ3n) is 3.68. The topological polar surface area (TPSA) is 59.9 Å². The summed E-state index contributed by atoms with van der Waals surface area (Å²) in [5, 5.41) is 12.6. The molecule has 0 amide bonds. The van der Waals surface area contributed by atoms with Crippen LogP contribution in [0.5, 0.6) is 5.88 Å². The summed E-state index contributed by atoms with van der Waals surface area (Å²) in [6.45, 7) is 5.81. The molecule has 0 fully saturated rings. The summed E-state index contributed by atoms with van der Waals surface area (Å²) in [5.41, 5.74) is 2.55. The highest BCUT2D eigenvalue weighted by Gasteiger charge is 2.26. The van der Waals surface area contributed by atoms with E-state index in [2.05, 4.69) is 46.1 Å². The molecule has 1 aliphatic rings. The number of benzene rings is 1. The maximum atomic E-state index is 6.21. The van der Waals surface area contributed by atoms with Crippen LogP contribution in [-0.2, 0) is 0 Å². The number of fused-ring (bicyclic) bond motifs is 3. The van der Waals surface area contributed by atoms with Gasteiger partial charge in [-0.3, -0.25) is 0 Å². The average molecular weight is 368 g/mol. The number of para-hydroxylation sites is 1. The molecule has 1 atom stereocenters. The molecule has 1 aromatic carbocycles. The first-order valence-electron chi connectivity index (χ1n) is 7.82. The van der Waals surface area contributed by atoms with E-state index >= 15 is 0 Å². The van der Waals surface area contributed by atoms with E-state index in [0.717, 1.165) is 21.9 Å². The van der Waals surface area contributed by atoms with Crippen LogP contribution in [0.2, 0.25) is 0 Å². The number of nitrogens with zero attached hydrogens (tertiary/aromatic N) is 3. The summed E-state index contributed by atoms with van der Waals surface area (Å²) in [6, 6.07) is 12.1. The molecular formula is C18H16N4OS2. The molecule has 0 saturated carbocycles. The van der Waals surface area contributed by atoms with Gasteiger partial charge in [0.1, 0.15) is 0 Å². The van der Waals surface area contributed by atoms with Crippen LogP contribution in [-0.4, -0.2) is 20.9 Å². The highest BCUT2D eigenvalue weighted by atomic mass is 32.2. The van der Waals surface area contributed by atoms with Crippen molar-refractivity contribution in [3.63, 3.8) is 0 Å². The molecule has 25 heavy (non-hydrogen) atoms. The van der Waals surface area contributed by atoms with Crippen molar-refractivity contribution in [3.05, 3.63) is 58.8 Å². The maximum Gasteiger partial charge on any atom is 0.247 e. The van der Waals surface area contributed by atoms with E-state index < -0.39 is 0 Å². The molecule has 3 heterocycles. The highest BCUT2D eigenvalue weighted by Crippen LogP contribution is 2.40. The lowest BCUT2D eigenvalue weighted by Gasteiger charge is -2.17. The summed E-state index contributed by atoms with van der Waals surface area (Å²) < 4.78 is 6.21. The minimum Gasteiger partial charge on any atom is -0.447 e. The van der Waals surface area contributed by atoms with Crippen LogP contribution < -0.4 is 10.1 Å². The van der Waals surface area contributed by atoms with Gasteiger partial charge in [-0.05, 0) is 25.1 Å². The zero-order chi connectivity index (χ0) is 17.2. The van der Waals surface area contributed by atoms with Gasteiger partial charge in [0.25, 0.3) is 0 Å². The predicted molar refractivity (Wildman–Crippen MR) is 102 cm³/mol. The largest absolute Gasteiger partial charge is 0.447 e. The molecule has 1 unspecified atom stereocenters. The fourth-order valence-electron chi connectivity index (χ4n) is 2.56. The van der Waals surface area contributed by atoms with Gasteiger partial charge < -0.3 is 10.1 Å². The third kappa shape index (κ3) is 3.25. The van der Waals surface area contributed by atoms with Crippen molar-refractivity contribution >= 4 is 28.8 Å². The minimum atomic E-state index is -0.310. The van der Waals surface area contributed by atoms with Crippen LogP contribution in [0.3, 0.4) is 0 Å². The van der Waals surface area contributed by atoms with Crippen LogP contribution in [0.4, 0.5) is 5.69 Å². The van der Waals surface area contributed by atoms with Gasteiger partial charge in [0.2, 0.25) is 17.3 Å². The molecule has 0 bridgehead atoms. The number of ether oxygens (including phenoxy) is 1. The van der Waals surface area contributed by atoms with Gasteiger partial charge in [0, 0.05) is 21.9 Å². The van der Waals surface area contributed by atoms with Gasteiger partial charge in [-0.2, -0.15) is 4.98 Å². The van der Waals surface area contributed by atoms with E-state index in [1.54, 1.807) is 11.3 Å². The van der Waals surface area contributed by atoms with Gasteiger partial charge in [0.05, 0.1) is 4.88 Å². The van der Waals surface area contributed by atoms with Crippen molar-refractivity contribution in [3.8, 4) is 17.1 Å². The van der Waals surface area contributed by atoms with Crippen LogP contribution in [0.1, 0.15) is 16.0 Å². The molecule has 126 valence electrons. The Morgan fingerprint density at radius 3 is 2.96 bits per heavy atom. The molecule has 7 heteroatoms. The molecule has 5 nitrogen and oxygen atoms in total. The first-order valence-corrected chi connectivity index (χ1v) is 9.62. The van der Waals surface area contributed by atoms with Crippen molar-refractivity contribution in [1.82, 2.24) is 15.2 Å². The second kappa shape index (κ2) is 6.85. The van der Waals surface area contributed by atoms with Gasteiger partial charge in [0.15, 0.2) is 5.69 Å². The minimum absolute atomic E-state index is 0.310. The normalized spacial score (nSPS) is 15.3. The zero-order valence-corrected chi connectivity index (χ0v) is 15.2. The number of nitrogens with one attached hydrogen (secondary N) is 1. The molecule has 3 aromatic rings. The standard InChI is InChI=1S/C18H16N4OS2/c1-3-10-24-18-20-17-15(21-22-18)12-6-4-5-7-13(12)19-16(23-17)14-9-8-11(2)25-14/h3-9,16,19H,1,10H2,2H3. The summed E-state index contributed by atoms with van der Waals surface area (Å²) in [5.74, 6) is 1.22. The number of thiophene rings is 1. The lowest BCUT2D eigenvalue weighted by atomic mass is 10.1. The number of thioether (sulfide) groups is 1. The molecule has 0 saturated heterocycles. The van der Waals surface area contributed by atoms with Crippen molar-refractivity contribution in [2.75, 3.05) is 11.1 Å². The second-order valence-corrected chi connectivity index (χ2v) is 7.79. The Morgan fingerprint density at radius 1 is 1.28 bits per heavy atom. The van der Waals surface area contributed by atoms with Crippen molar-refractivity contribution < 1.29 is 4.74 Å². The second-order valence-electron chi connectivity index (χ2n) is 5.48. The summed E-state index contributed by atoms with van der Waals surface area (Å²) in [7, 11) is 0. The Hall–Kier alpha value is -2.38. The fourth-order valence-corrected chi connectivity index (χ4v) is 3.94. The number of aromatic nitrogens is 3. The first-order chi connectivity index (χ1) is 12.2. The lowest BCUT2D eigenvalue weighted by Crippen LogP contribution is -2.15. The van der Waals surface area contributed by atoms with Crippen molar-refractivity contribution in [2.24, 2.45) is 0 Å². The van der Waals surface area contributed by atoms with E-state index in [4.69, 9.17) is 4.74 Å². The average Bonchev–Trinajstić information content (AvgIpc) is 2.99. The SMILES string of the molecule is C=CCSc1nnc2c(n1)OC(c1ccc(C)s1)Nc1ccccc1-2. The van der Waals surface area contributed by atoms with E-state index in [-0.39, 0.29) is 6.23 Å². The first kappa shape index (κ1) is 16.1. The molecule has 0 aliphatic carbocycles. The monoisotopic (exact) mass is 368 g/mol. The van der Waals surface area contributed by atoms with E-state index in [9.17, 15) is 0 Å². The predicted octanol–water partition coefficient (Wildman–Crippen LogP) is 4.69. The van der Waals surface area contributed by atoms with Gasteiger partial charge >= 0.3 is 0 Å². The number of rotatable bonds is 4. The van der Waals surface area contributed by atoms with Crippen LogP contribution >= 0.6 is 23.1 Å². The quantitative estimate of drug-likeness (QED) is 0.532. The Labute approximate surface area is 154 Å². The van der Waals surface area contributed by atoms with Crippen LogP contribution in [0.15, 0.2) is 54.2 Å². The Bertz CT molecular complexity index is 925. The molecule has 0 spiro atoms. The van der Waals surface area contributed by atoms with Crippen LogP contribution in [0, 0.1) is 6.92 Å². The van der Waals surface area contributed by atoms with E-state index in [1.807, 2.05) is 30.3 Å². The van der Waals surface area contributed by atoms with Crippen molar-refractivity contribution in [1.29, 1.82) is 0 Å².